The Morgan fingerprint density at radius 1 is 1.27 bits per heavy atom. The minimum Gasteiger partial charge on any atom is -0.497 e. The summed E-state index contributed by atoms with van der Waals surface area (Å²) in [5.41, 5.74) is 0.855. The highest BCUT2D eigenvalue weighted by atomic mass is 16.5. The first-order chi connectivity index (χ1) is 12.5. The molecule has 1 saturated carbocycles. The fourth-order valence-electron chi connectivity index (χ4n) is 3.09. The van der Waals surface area contributed by atoms with Crippen LogP contribution in [0.15, 0.2) is 18.2 Å². The lowest BCUT2D eigenvalue weighted by atomic mass is 9.85. The smallest absolute Gasteiger partial charge is 0.317 e. The predicted molar refractivity (Wildman–Crippen MR) is 96.6 cm³/mol. The Morgan fingerprint density at radius 3 is 2.58 bits per heavy atom. The molecule has 1 aliphatic carbocycles. The zero-order chi connectivity index (χ0) is 19.1. The van der Waals surface area contributed by atoms with Crippen LogP contribution in [0.5, 0.6) is 11.5 Å². The summed E-state index contributed by atoms with van der Waals surface area (Å²) in [7, 11) is 3.16. The van der Waals surface area contributed by atoms with Crippen LogP contribution in [0.3, 0.4) is 0 Å². The van der Waals surface area contributed by atoms with Gasteiger partial charge < -0.3 is 25.2 Å². The van der Waals surface area contributed by atoms with Gasteiger partial charge in [-0.2, -0.15) is 0 Å². The maximum absolute atomic E-state index is 12.1. The van der Waals surface area contributed by atoms with Crippen LogP contribution in [0.4, 0.5) is 4.79 Å². The lowest BCUT2D eigenvalue weighted by Crippen LogP contribution is -2.56. The molecule has 0 saturated heterocycles. The second kappa shape index (κ2) is 9.28. The average molecular weight is 365 g/mol. The first-order valence-corrected chi connectivity index (χ1v) is 8.67. The molecule has 0 unspecified atom stereocenters. The van der Waals surface area contributed by atoms with Gasteiger partial charge in [-0.15, -0.1) is 0 Å². The molecular formula is C18H27N3O5. The van der Waals surface area contributed by atoms with Crippen molar-refractivity contribution in [2.45, 2.75) is 38.4 Å². The zero-order valence-corrected chi connectivity index (χ0v) is 15.4. The molecular weight excluding hydrogens is 338 g/mol. The second-order valence-corrected chi connectivity index (χ2v) is 6.28. The SMILES string of the molecule is CCN(CC(=O)O)C1CC(NC(=O)NCc2ccc(OC)cc2OC)C1. The molecule has 0 atom stereocenters. The van der Waals surface area contributed by atoms with Crippen LogP contribution < -0.4 is 20.1 Å². The van der Waals surface area contributed by atoms with Crippen molar-refractivity contribution in [3.8, 4) is 11.5 Å². The Balaban J connectivity index is 1.76. The van der Waals surface area contributed by atoms with E-state index in [1.807, 2.05) is 24.0 Å². The standard InChI is InChI=1S/C18H27N3O5/c1-4-21(11-17(22)23)14-7-13(8-14)20-18(24)19-10-12-5-6-15(25-2)9-16(12)26-3/h5-6,9,13-14H,4,7-8,10-11H2,1-3H3,(H,22,23)(H2,19,20,24). The van der Waals surface area contributed by atoms with Gasteiger partial charge in [0.05, 0.1) is 20.8 Å². The van der Waals surface area contributed by atoms with E-state index in [9.17, 15) is 9.59 Å². The molecule has 0 spiro atoms. The number of methoxy groups -OCH3 is 2. The van der Waals surface area contributed by atoms with Crippen molar-refractivity contribution >= 4 is 12.0 Å². The Labute approximate surface area is 153 Å². The summed E-state index contributed by atoms with van der Waals surface area (Å²) in [6.07, 6.45) is 1.53. The van der Waals surface area contributed by atoms with Crippen molar-refractivity contribution in [2.75, 3.05) is 27.3 Å². The highest BCUT2D eigenvalue weighted by molar-refractivity contribution is 5.74. The number of benzene rings is 1. The largest absolute Gasteiger partial charge is 0.497 e. The number of likely N-dealkylation sites (N-methyl/N-ethyl adjacent to an activating group) is 1. The quantitative estimate of drug-likeness (QED) is 0.612. The number of rotatable bonds is 9. The number of carbonyl (C=O) groups is 2. The third kappa shape index (κ3) is 5.26. The Hall–Kier alpha value is -2.48. The zero-order valence-electron chi connectivity index (χ0n) is 15.4. The summed E-state index contributed by atoms with van der Waals surface area (Å²) in [4.78, 5) is 24.8. The van der Waals surface area contributed by atoms with Crippen LogP contribution >= 0.6 is 0 Å². The van der Waals surface area contributed by atoms with Gasteiger partial charge in [-0.3, -0.25) is 9.69 Å². The normalized spacial score (nSPS) is 18.8. The molecule has 144 valence electrons. The topological polar surface area (TPSA) is 100 Å². The van der Waals surface area contributed by atoms with Gasteiger partial charge in [-0.1, -0.05) is 6.92 Å². The molecule has 0 heterocycles. The number of carbonyl (C=O) groups excluding carboxylic acids is 1. The van der Waals surface area contributed by atoms with Crippen molar-refractivity contribution < 1.29 is 24.2 Å². The van der Waals surface area contributed by atoms with Gasteiger partial charge in [0.25, 0.3) is 0 Å². The molecule has 0 aromatic heterocycles. The number of ether oxygens (including phenoxy) is 2. The number of carboxylic acids is 1. The summed E-state index contributed by atoms with van der Waals surface area (Å²) in [6.45, 7) is 3.01. The van der Waals surface area contributed by atoms with E-state index < -0.39 is 5.97 Å². The molecule has 0 aliphatic heterocycles. The maximum atomic E-state index is 12.1. The van der Waals surface area contributed by atoms with Crippen molar-refractivity contribution in [1.29, 1.82) is 0 Å². The molecule has 1 aromatic carbocycles. The molecule has 8 nitrogen and oxygen atoms in total. The first-order valence-electron chi connectivity index (χ1n) is 8.67. The van der Waals surface area contributed by atoms with Gasteiger partial charge >= 0.3 is 12.0 Å². The maximum Gasteiger partial charge on any atom is 0.317 e. The van der Waals surface area contributed by atoms with E-state index in [-0.39, 0.29) is 24.7 Å². The summed E-state index contributed by atoms with van der Waals surface area (Å²) in [6, 6.07) is 5.47. The summed E-state index contributed by atoms with van der Waals surface area (Å²) in [5, 5.41) is 14.7. The molecule has 1 fully saturated rings. The van der Waals surface area contributed by atoms with E-state index in [0.717, 1.165) is 18.4 Å². The van der Waals surface area contributed by atoms with Gasteiger partial charge in [0.1, 0.15) is 11.5 Å². The van der Waals surface area contributed by atoms with Gasteiger partial charge in [0.2, 0.25) is 0 Å². The van der Waals surface area contributed by atoms with Gasteiger partial charge in [-0.05, 0) is 31.5 Å². The highest BCUT2D eigenvalue weighted by Crippen LogP contribution is 2.26. The third-order valence-corrected chi connectivity index (χ3v) is 4.64. The van der Waals surface area contributed by atoms with Crippen molar-refractivity contribution in [3.63, 3.8) is 0 Å². The third-order valence-electron chi connectivity index (χ3n) is 4.64. The number of amides is 2. The van der Waals surface area contributed by atoms with Crippen molar-refractivity contribution in [1.82, 2.24) is 15.5 Å². The summed E-state index contributed by atoms with van der Waals surface area (Å²) >= 11 is 0. The van der Waals surface area contributed by atoms with Gasteiger partial charge in [0, 0.05) is 30.3 Å². The van der Waals surface area contributed by atoms with E-state index in [0.29, 0.717) is 24.6 Å². The van der Waals surface area contributed by atoms with E-state index in [1.165, 1.54) is 0 Å². The minimum absolute atomic E-state index is 0.0390. The molecule has 3 N–H and O–H groups in total. The fourth-order valence-corrected chi connectivity index (χ4v) is 3.09. The lowest BCUT2D eigenvalue weighted by Gasteiger charge is -2.42. The predicted octanol–water partition coefficient (Wildman–Crippen LogP) is 1.44. The van der Waals surface area contributed by atoms with Crippen molar-refractivity contribution in [3.05, 3.63) is 23.8 Å². The molecule has 2 amide bonds. The molecule has 8 heteroatoms. The minimum atomic E-state index is -0.825. The van der Waals surface area contributed by atoms with Crippen LogP contribution in [-0.4, -0.2) is 61.4 Å². The van der Waals surface area contributed by atoms with Crippen molar-refractivity contribution in [2.24, 2.45) is 0 Å². The van der Waals surface area contributed by atoms with Gasteiger partial charge in [-0.25, -0.2) is 4.79 Å². The van der Waals surface area contributed by atoms with E-state index >= 15 is 0 Å². The summed E-state index contributed by atoms with van der Waals surface area (Å²) in [5.74, 6) is 0.521. The number of aliphatic carboxylic acids is 1. The number of urea groups is 1. The van der Waals surface area contributed by atoms with Crippen LogP contribution in [0.1, 0.15) is 25.3 Å². The number of nitrogens with one attached hydrogen (secondary N) is 2. The molecule has 1 aliphatic rings. The number of hydrogen-bond donors (Lipinski definition) is 3. The van der Waals surface area contributed by atoms with E-state index in [1.54, 1.807) is 20.3 Å². The molecule has 26 heavy (non-hydrogen) atoms. The van der Waals surface area contributed by atoms with Crippen LogP contribution in [0.25, 0.3) is 0 Å². The molecule has 0 bridgehead atoms. The summed E-state index contributed by atoms with van der Waals surface area (Å²) < 4.78 is 10.5. The number of carboxylic acid groups (broad SMARTS) is 1. The average Bonchev–Trinajstić information content (AvgIpc) is 2.60. The molecule has 1 aromatic rings. The highest BCUT2D eigenvalue weighted by Gasteiger charge is 2.34. The van der Waals surface area contributed by atoms with E-state index in [2.05, 4.69) is 10.6 Å². The Kier molecular flexibility index (Phi) is 7.08. The molecule has 0 radical (unpaired) electrons. The lowest BCUT2D eigenvalue weighted by molar-refractivity contribution is -0.139. The van der Waals surface area contributed by atoms with Crippen LogP contribution in [0.2, 0.25) is 0 Å². The Morgan fingerprint density at radius 2 is 2.00 bits per heavy atom. The van der Waals surface area contributed by atoms with E-state index in [4.69, 9.17) is 14.6 Å². The fraction of sp³-hybridized carbons (Fsp3) is 0.556. The second-order valence-electron chi connectivity index (χ2n) is 6.28. The number of nitrogens with zero attached hydrogens (tertiary/aromatic N) is 1. The van der Waals surface area contributed by atoms with Crippen LogP contribution in [-0.2, 0) is 11.3 Å². The van der Waals surface area contributed by atoms with Crippen LogP contribution in [0, 0.1) is 0 Å². The number of hydrogen-bond acceptors (Lipinski definition) is 5. The molecule has 2 rings (SSSR count). The van der Waals surface area contributed by atoms with Gasteiger partial charge in [0.15, 0.2) is 0 Å². The first kappa shape index (κ1) is 19.8. The monoisotopic (exact) mass is 365 g/mol. The Bertz CT molecular complexity index is 631.